The predicted molar refractivity (Wildman–Crippen MR) is 97.5 cm³/mol. The van der Waals surface area contributed by atoms with E-state index in [1.807, 2.05) is 6.92 Å². The SMILES string of the molecule is Cc1ccc(-n2c(C)nnc2SC2(C(=O)O)CCC2)c2c1CCCC2. The van der Waals surface area contributed by atoms with Gasteiger partial charge in [-0.25, -0.2) is 0 Å². The van der Waals surface area contributed by atoms with Crippen LogP contribution >= 0.6 is 11.8 Å². The minimum Gasteiger partial charge on any atom is -0.480 e. The van der Waals surface area contributed by atoms with Gasteiger partial charge < -0.3 is 5.11 Å². The lowest BCUT2D eigenvalue weighted by Gasteiger charge is -2.36. The van der Waals surface area contributed by atoms with Crippen molar-refractivity contribution in [2.24, 2.45) is 0 Å². The van der Waals surface area contributed by atoms with Gasteiger partial charge in [0.15, 0.2) is 5.16 Å². The maximum absolute atomic E-state index is 11.8. The number of aliphatic carboxylic acids is 1. The average molecular weight is 357 g/mol. The van der Waals surface area contributed by atoms with Gasteiger partial charge in [0.1, 0.15) is 10.6 Å². The van der Waals surface area contributed by atoms with Crippen molar-refractivity contribution >= 4 is 17.7 Å². The first-order valence-corrected chi connectivity index (χ1v) is 9.80. The molecule has 2 aliphatic carbocycles. The molecule has 1 aromatic heterocycles. The second-order valence-electron chi connectivity index (χ2n) is 7.19. The second-order valence-corrected chi connectivity index (χ2v) is 8.54. The van der Waals surface area contributed by atoms with Crippen LogP contribution < -0.4 is 0 Å². The fourth-order valence-corrected chi connectivity index (χ4v) is 5.29. The third kappa shape index (κ3) is 2.67. The first-order chi connectivity index (χ1) is 12.0. The monoisotopic (exact) mass is 357 g/mol. The molecule has 0 bridgehead atoms. The summed E-state index contributed by atoms with van der Waals surface area (Å²) < 4.78 is 1.33. The number of benzene rings is 1. The van der Waals surface area contributed by atoms with Gasteiger partial charge in [0, 0.05) is 0 Å². The summed E-state index contributed by atoms with van der Waals surface area (Å²) in [5.41, 5.74) is 5.31. The van der Waals surface area contributed by atoms with Crippen molar-refractivity contribution in [2.75, 3.05) is 0 Å². The highest BCUT2D eigenvalue weighted by Crippen LogP contribution is 2.48. The van der Waals surface area contributed by atoms with Crippen LogP contribution in [0.3, 0.4) is 0 Å². The highest BCUT2D eigenvalue weighted by atomic mass is 32.2. The number of carbonyl (C=O) groups is 1. The van der Waals surface area contributed by atoms with Crippen molar-refractivity contribution in [3.63, 3.8) is 0 Å². The molecule has 2 aliphatic rings. The largest absolute Gasteiger partial charge is 0.480 e. The van der Waals surface area contributed by atoms with Crippen molar-refractivity contribution < 1.29 is 9.90 Å². The van der Waals surface area contributed by atoms with Crippen LogP contribution in [0.5, 0.6) is 0 Å². The maximum Gasteiger partial charge on any atom is 0.320 e. The number of hydrogen-bond donors (Lipinski definition) is 1. The molecule has 0 saturated heterocycles. The van der Waals surface area contributed by atoms with E-state index in [0.717, 1.165) is 30.8 Å². The van der Waals surface area contributed by atoms with Gasteiger partial charge in [0.2, 0.25) is 0 Å². The fourth-order valence-electron chi connectivity index (χ4n) is 3.96. The third-order valence-corrected chi connectivity index (χ3v) is 7.04. The summed E-state index contributed by atoms with van der Waals surface area (Å²) in [7, 11) is 0. The molecule has 0 radical (unpaired) electrons. The van der Waals surface area contributed by atoms with Crippen molar-refractivity contribution in [1.82, 2.24) is 14.8 Å². The molecule has 5 nitrogen and oxygen atoms in total. The van der Waals surface area contributed by atoms with E-state index in [9.17, 15) is 9.90 Å². The van der Waals surface area contributed by atoms with Gasteiger partial charge in [-0.05, 0) is 81.5 Å². The van der Waals surface area contributed by atoms with Crippen LogP contribution in [0, 0.1) is 13.8 Å². The zero-order valence-electron chi connectivity index (χ0n) is 14.7. The third-order valence-electron chi connectivity index (χ3n) is 5.62. The Morgan fingerprint density at radius 2 is 1.84 bits per heavy atom. The quantitative estimate of drug-likeness (QED) is 0.900. The number of nitrogens with zero attached hydrogens (tertiary/aromatic N) is 3. The molecule has 0 aliphatic heterocycles. The number of aryl methyl sites for hydroxylation is 2. The summed E-state index contributed by atoms with van der Waals surface area (Å²) in [4.78, 5) is 11.8. The summed E-state index contributed by atoms with van der Waals surface area (Å²) in [6.07, 6.45) is 6.99. The second kappa shape index (κ2) is 6.16. The molecule has 0 unspecified atom stereocenters. The van der Waals surface area contributed by atoms with Crippen molar-refractivity contribution in [1.29, 1.82) is 0 Å². The molecule has 25 heavy (non-hydrogen) atoms. The first kappa shape index (κ1) is 16.6. The fraction of sp³-hybridized carbons (Fsp3) is 0.526. The Labute approximate surface area is 151 Å². The number of carboxylic acids is 1. The molecule has 1 aromatic carbocycles. The Morgan fingerprint density at radius 1 is 1.12 bits per heavy atom. The van der Waals surface area contributed by atoms with E-state index in [1.165, 1.54) is 41.3 Å². The Hall–Kier alpha value is -1.82. The Balaban J connectivity index is 1.80. The summed E-state index contributed by atoms with van der Waals surface area (Å²) >= 11 is 1.37. The lowest BCUT2D eigenvalue weighted by atomic mass is 9.84. The van der Waals surface area contributed by atoms with Gasteiger partial charge in [-0.2, -0.15) is 0 Å². The van der Waals surface area contributed by atoms with E-state index in [4.69, 9.17) is 0 Å². The molecule has 132 valence electrons. The predicted octanol–water partition coefficient (Wildman–Crippen LogP) is 3.86. The van der Waals surface area contributed by atoms with E-state index >= 15 is 0 Å². The van der Waals surface area contributed by atoms with E-state index in [1.54, 1.807) is 0 Å². The minimum atomic E-state index is -0.734. The molecular weight excluding hydrogens is 334 g/mol. The van der Waals surface area contributed by atoms with Gasteiger partial charge >= 0.3 is 5.97 Å². The van der Waals surface area contributed by atoms with Crippen LogP contribution in [0.1, 0.15) is 54.6 Å². The molecule has 1 saturated carbocycles. The molecule has 0 amide bonds. The van der Waals surface area contributed by atoms with Crippen LogP contribution in [-0.4, -0.2) is 30.6 Å². The standard InChI is InChI=1S/C19H23N3O2S/c1-12-8-9-16(15-7-4-3-6-14(12)15)22-13(2)20-21-18(22)25-19(17(23)24)10-5-11-19/h8-9H,3-7,10-11H2,1-2H3,(H,23,24). The molecule has 1 N–H and O–H groups in total. The Morgan fingerprint density at radius 3 is 2.48 bits per heavy atom. The normalized spacial score (nSPS) is 18.5. The minimum absolute atomic E-state index is 0.699. The van der Waals surface area contributed by atoms with E-state index in [-0.39, 0.29) is 0 Å². The summed E-state index contributed by atoms with van der Waals surface area (Å²) in [5.74, 6) is 0.0841. The highest BCUT2D eigenvalue weighted by Gasteiger charge is 2.47. The summed E-state index contributed by atoms with van der Waals surface area (Å²) in [5, 5.41) is 19.0. The number of thioether (sulfide) groups is 1. The van der Waals surface area contributed by atoms with Crippen LogP contribution in [0.2, 0.25) is 0 Å². The molecule has 1 heterocycles. The van der Waals surface area contributed by atoms with Gasteiger partial charge in [-0.15, -0.1) is 10.2 Å². The molecule has 1 fully saturated rings. The average Bonchev–Trinajstić information content (AvgIpc) is 2.92. The Kier molecular flexibility index (Phi) is 4.10. The van der Waals surface area contributed by atoms with E-state index < -0.39 is 10.7 Å². The van der Waals surface area contributed by atoms with Crippen LogP contribution in [-0.2, 0) is 17.6 Å². The molecular formula is C19H23N3O2S. The molecule has 4 rings (SSSR count). The Bertz CT molecular complexity index is 839. The van der Waals surface area contributed by atoms with Gasteiger partial charge in [-0.3, -0.25) is 9.36 Å². The zero-order chi connectivity index (χ0) is 17.6. The van der Waals surface area contributed by atoms with Gasteiger partial charge in [0.25, 0.3) is 0 Å². The number of rotatable bonds is 4. The van der Waals surface area contributed by atoms with Gasteiger partial charge in [-0.1, -0.05) is 17.8 Å². The van der Waals surface area contributed by atoms with Crippen molar-refractivity contribution in [3.8, 4) is 5.69 Å². The van der Waals surface area contributed by atoms with E-state index in [0.29, 0.717) is 18.0 Å². The lowest BCUT2D eigenvalue weighted by molar-refractivity contribution is -0.142. The topological polar surface area (TPSA) is 68.0 Å². The van der Waals surface area contributed by atoms with Crippen molar-refractivity contribution in [3.05, 3.63) is 34.6 Å². The smallest absolute Gasteiger partial charge is 0.320 e. The number of fused-ring (bicyclic) bond motifs is 1. The zero-order valence-corrected chi connectivity index (χ0v) is 15.5. The van der Waals surface area contributed by atoms with Crippen molar-refractivity contribution in [2.45, 2.75) is 68.7 Å². The number of carboxylic acid groups (broad SMARTS) is 1. The first-order valence-electron chi connectivity index (χ1n) is 8.98. The maximum atomic E-state index is 11.8. The number of hydrogen-bond acceptors (Lipinski definition) is 4. The molecule has 0 atom stereocenters. The molecule has 6 heteroatoms. The van der Waals surface area contributed by atoms with E-state index in [2.05, 4.69) is 33.8 Å². The van der Waals surface area contributed by atoms with Crippen LogP contribution in [0.4, 0.5) is 0 Å². The van der Waals surface area contributed by atoms with Gasteiger partial charge in [0.05, 0.1) is 5.69 Å². The highest BCUT2D eigenvalue weighted by molar-refractivity contribution is 8.01. The van der Waals surface area contributed by atoms with Crippen LogP contribution in [0.15, 0.2) is 17.3 Å². The molecule has 0 spiro atoms. The molecule has 2 aromatic rings. The lowest BCUT2D eigenvalue weighted by Crippen LogP contribution is -2.42. The van der Waals surface area contributed by atoms with Crippen LogP contribution in [0.25, 0.3) is 5.69 Å². The number of aromatic nitrogens is 3. The summed E-state index contributed by atoms with van der Waals surface area (Å²) in [6, 6.07) is 4.32. The summed E-state index contributed by atoms with van der Waals surface area (Å²) in [6.45, 7) is 4.12.